The summed E-state index contributed by atoms with van der Waals surface area (Å²) in [7, 11) is -3.03. The third-order valence-electron chi connectivity index (χ3n) is 4.61. The van der Waals surface area contributed by atoms with Gasteiger partial charge in [0.1, 0.15) is 0 Å². The lowest BCUT2D eigenvalue weighted by molar-refractivity contribution is 0.157. The molecule has 0 aromatic rings. The highest BCUT2D eigenvalue weighted by Crippen LogP contribution is 2.34. The molecule has 2 unspecified atom stereocenters. The first-order valence-corrected chi connectivity index (χ1v) is 10.1. The largest absolute Gasteiger partial charge is 0.316 e. The Balaban J connectivity index is 2.61. The Hall–Kier alpha value is -0.130. The van der Waals surface area contributed by atoms with E-state index in [1.807, 2.05) is 0 Å². The van der Waals surface area contributed by atoms with Crippen LogP contribution in [0, 0.1) is 17.3 Å². The summed E-state index contributed by atoms with van der Waals surface area (Å²) in [6.07, 6.45) is 5.76. The maximum absolute atomic E-state index is 11.7. The highest BCUT2D eigenvalue weighted by molar-refractivity contribution is 7.88. The lowest BCUT2D eigenvalue weighted by Crippen LogP contribution is -2.41. The van der Waals surface area contributed by atoms with Crippen LogP contribution in [0.25, 0.3) is 0 Å². The molecule has 0 bridgehead atoms. The van der Waals surface area contributed by atoms with Gasteiger partial charge in [-0.2, -0.15) is 0 Å². The number of hydrogen-bond acceptors (Lipinski definition) is 3. The van der Waals surface area contributed by atoms with E-state index in [2.05, 4.69) is 33.0 Å². The van der Waals surface area contributed by atoms with Crippen molar-refractivity contribution in [2.45, 2.75) is 53.4 Å². The van der Waals surface area contributed by atoms with Gasteiger partial charge in [-0.15, -0.1) is 0 Å². The van der Waals surface area contributed by atoms with Crippen LogP contribution in [0.3, 0.4) is 0 Å². The van der Waals surface area contributed by atoms with Gasteiger partial charge in [-0.25, -0.2) is 12.7 Å². The number of piperidine rings is 1. The Morgan fingerprint density at radius 2 is 2.00 bits per heavy atom. The second-order valence-electron chi connectivity index (χ2n) is 7.63. The van der Waals surface area contributed by atoms with Crippen LogP contribution in [0.2, 0.25) is 0 Å². The molecule has 21 heavy (non-hydrogen) atoms. The zero-order valence-corrected chi connectivity index (χ0v) is 15.3. The highest BCUT2D eigenvalue weighted by Gasteiger charge is 2.31. The van der Waals surface area contributed by atoms with Crippen molar-refractivity contribution in [1.82, 2.24) is 9.62 Å². The minimum absolute atomic E-state index is 0.258. The molecule has 1 rings (SSSR count). The van der Waals surface area contributed by atoms with Gasteiger partial charge in [0, 0.05) is 13.1 Å². The Bertz CT molecular complexity index is 401. The first-order valence-electron chi connectivity index (χ1n) is 8.30. The number of rotatable bonds is 7. The molecule has 0 aliphatic carbocycles. The molecular formula is C16H34N2O2S. The van der Waals surface area contributed by atoms with Gasteiger partial charge >= 0.3 is 0 Å². The first kappa shape index (κ1) is 18.9. The number of nitrogens with zero attached hydrogens (tertiary/aromatic N) is 1. The van der Waals surface area contributed by atoms with Gasteiger partial charge in [0.25, 0.3) is 0 Å². The zero-order valence-electron chi connectivity index (χ0n) is 14.5. The van der Waals surface area contributed by atoms with E-state index in [-0.39, 0.29) is 5.41 Å². The van der Waals surface area contributed by atoms with E-state index < -0.39 is 10.0 Å². The van der Waals surface area contributed by atoms with Gasteiger partial charge in [0.15, 0.2) is 0 Å². The van der Waals surface area contributed by atoms with Crippen molar-refractivity contribution in [3.63, 3.8) is 0 Å². The van der Waals surface area contributed by atoms with E-state index in [9.17, 15) is 8.42 Å². The van der Waals surface area contributed by atoms with E-state index in [0.717, 1.165) is 38.8 Å². The van der Waals surface area contributed by atoms with E-state index in [4.69, 9.17) is 0 Å². The maximum atomic E-state index is 11.7. The lowest BCUT2D eigenvalue weighted by atomic mass is 9.74. The lowest BCUT2D eigenvalue weighted by Gasteiger charge is -2.37. The summed E-state index contributed by atoms with van der Waals surface area (Å²) in [5, 5.41) is 3.54. The van der Waals surface area contributed by atoms with Crippen LogP contribution in [-0.4, -0.2) is 45.2 Å². The molecular weight excluding hydrogens is 284 g/mol. The molecule has 0 aromatic heterocycles. The zero-order chi connectivity index (χ0) is 16.1. The van der Waals surface area contributed by atoms with Gasteiger partial charge in [-0.1, -0.05) is 27.7 Å². The Labute approximate surface area is 131 Å². The van der Waals surface area contributed by atoms with Gasteiger partial charge < -0.3 is 5.32 Å². The van der Waals surface area contributed by atoms with Crippen molar-refractivity contribution in [3.8, 4) is 0 Å². The fourth-order valence-corrected chi connectivity index (χ4v) is 4.06. The topological polar surface area (TPSA) is 49.4 Å². The molecule has 1 N–H and O–H groups in total. The quantitative estimate of drug-likeness (QED) is 0.734. The molecule has 4 nitrogen and oxygen atoms in total. The van der Waals surface area contributed by atoms with Crippen molar-refractivity contribution in [1.29, 1.82) is 0 Å². The number of hydrogen-bond donors (Lipinski definition) is 1. The average molecular weight is 319 g/mol. The molecule has 2 atom stereocenters. The Morgan fingerprint density at radius 3 is 2.52 bits per heavy atom. The molecule has 0 spiro atoms. The van der Waals surface area contributed by atoms with Crippen LogP contribution < -0.4 is 5.32 Å². The second-order valence-corrected chi connectivity index (χ2v) is 9.61. The SMILES string of the molecule is CCCNCC(CC1CCCN(S(C)(=O)=O)C1)C(C)(C)C. The number of sulfonamides is 1. The summed E-state index contributed by atoms with van der Waals surface area (Å²) in [5.74, 6) is 1.09. The molecule has 1 aliphatic heterocycles. The summed E-state index contributed by atoms with van der Waals surface area (Å²) in [6.45, 7) is 12.6. The van der Waals surface area contributed by atoms with Gasteiger partial charge in [0.2, 0.25) is 10.0 Å². The molecule has 1 heterocycles. The fraction of sp³-hybridized carbons (Fsp3) is 1.00. The maximum Gasteiger partial charge on any atom is 0.211 e. The molecule has 0 radical (unpaired) electrons. The normalized spacial score (nSPS) is 23.2. The van der Waals surface area contributed by atoms with Gasteiger partial charge in [0.05, 0.1) is 6.26 Å². The first-order chi connectivity index (χ1) is 9.64. The van der Waals surface area contributed by atoms with Crippen LogP contribution >= 0.6 is 0 Å². The average Bonchev–Trinajstić information content (AvgIpc) is 2.36. The molecule has 0 aromatic carbocycles. The molecule has 5 heteroatoms. The Morgan fingerprint density at radius 1 is 1.33 bits per heavy atom. The van der Waals surface area contributed by atoms with E-state index >= 15 is 0 Å². The minimum Gasteiger partial charge on any atom is -0.316 e. The van der Waals surface area contributed by atoms with Crippen LogP contribution in [0.1, 0.15) is 53.4 Å². The predicted molar refractivity (Wildman–Crippen MR) is 89.9 cm³/mol. The summed E-state index contributed by atoms with van der Waals surface area (Å²) >= 11 is 0. The smallest absolute Gasteiger partial charge is 0.211 e. The second kappa shape index (κ2) is 7.93. The van der Waals surface area contributed by atoms with Crippen molar-refractivity contribution < 1.29 is 8.42 Å². The van der Waals surface area contributed by atoms with E-state index in [1.165, 1.54) is 6.26 Å². The monoisotopic (exact) mass is 318 g/mol. The predicted octanol–water partition coefficient (Wildman–Crippen LogP) is 2.71. The standard InChI is InChI=1S/C16H34N2O2S/c1-6-9-17-12-15(16(2,3)4)11-14-8-7-10-18(13-14)21(5,19)20/h14-15,17H,6-13H2,1-5H3. The molecule has 1 fully saturated rings. The van der Waals surface area contributed by atoms with Crippen molar-refractivity contribution in [2.24, 2.45) is 17.3 Å². The highest BCUT2D eigenvalue weighted by atomic mass is 32.2. The molecule has 0 amide bonds. The van der Waals surface area contributed by atoms with E-state index in [0.29, 0.717) is 24.9 Å². The molecule has 0 saturated carbocycles. The Kier molecular flexibility index (Phi) is 7.14. The summed E-state index contributed by atoms with van der Waals surface area (Å²) in [6, 6.07) is 0. The summed E-state index contributed by atoms with van der Waals surface area (Å²) < 4.78 is 25.1. The minimum atomic E-state index is -3.03. The van der Waals surface area contributed by atoms with Crippen molar-refractivity contribution in [3.05, 3.63) is 0 Å². The van der Waals surface area contributed by atoms with Crippen LogP contribution in [0.5, 0.6) is 0 Å². The van der Waals surface area contributed by atoms with Crippen LogP contribution in [0.15, 0.2) is 0 Å². The summed E-state index contributed by atoms with van der Waals surface area (Å²) in [5.41, 5.74) is 0.258. The summed E-state index contributed by atoms with van der Waals surface area (Å²) in [4.78, 5) is 0. The third kappa shape index (κ3) is 6.66. The van der Waals surface area contributed by atoms with E-state index in [1.54, 1.807) is 4.31 Å². The molecule has 1 saturated heterocycles. The van der Waals surface area contributed by atoms with Gasteiger partial charge in [-0.05, 0) is 56.0 Å². The fourth-order valence-electron chi connectivity index (χ4n) is 3.12. The van der Waals surface area contributed by atoms with Crippen molar-refractivity contribution >= 4 is 10.0 Å². The number of nitrogens with one attached hydrogen (secondary N) is 1. The third-order valence-corrected chi connectivity index (χ3v) is 5.88. The van der Waals surface area contributed by atoms with Crippen LogP contribution in [0.4, 0.5) is 0 Å². The molecule has 126 valence electrons. The van der Waals surface area contributed by atoms with Crippen LogP contribution in [-0.2, 0) is 10.0 Å². The van der Waals surface area contributed by atoms with Crippen molar-refractivity contribution in [2.75, 3.05) is 32.4 Å². The van der Waals surface area contributed by atoms with Gasteiger partial charge in [-0.3, -0.25) is 0 Å². The molecule has 1 aliphatic rings.